The van der Waals surface area contributed by atoms with Crippen molar-refractivity contribution in [3.8, 4) is 0 Å². The zero-order valence-corrected chi connectivity index (χ0v) is 12.1. The van der Waals surface area contributed by atoms with Crippen LogP contribution < -0.4 is 21.3 Å². The summed E-state index contributed by atoms with van der Waals surface area (Å²) in [6.07, 6.45) is 5.98. The van der Waals surface area contributed by atoms with Gasteiger partial charge in [0, 0.05) is 32.2 Å². The van der Waals surface area contributed by atoms with E-state index in [0.717, 1.165) is 44.2 Å². The number of carbonyl (C=O) groups excluding carboxylic acids is 1. The Kier molecular flexibility index (Phi) is 3.88. The molecule has 20 heavy (non-hydrogen) atoms. The Morgan fingerprint density at radius 1 is 1.40 bits per heavy atom. The number of nitrogens with two attached hydrogens (primary N) is 1. The number of hydrogen-bond donors (Lipinski definition) is 3. The lowest BCUT2D eigenvalue weighted by Gasteiger charge is -2.26. The van der Waals surface area contributed by atoms with E-state index in [0.29, 0.717) is 10.7 Å². The van der Waals surface area contributed by atoms with Gasteiger partial charge in [0.2, 0.25) is 0 Å². The molecule has 0 unspecified atom stereocenters. The molecule has 0 atom stereocenters. The van der Waals surface area contributed by atoms with Gasteiger partial charge in [-0.25, -0.2) is 4.98 Å². The number of thiazole rings is 1. The van der Waals surface area contributed by atoms with Gasteiger partial charge in [0.15, 0.2) is 5.13 Å². The van der Waals surface area contributed by atoms with Crippen LogP contribution in [0.15, 0.2) is 12.2 Å². The Morgan fingerprint density at radius 2 is 2.10 bits per heavy atom. The van der Waals surface area contributed by atoms with Gasteiger partial charge in [-0.1, -0.05) is 23.5 Å². The van der Waals surface area contributed by atoms with E-state index in [9.17, 15) is 4.79 Å². The van der Waals surface area contributed by atoms with Crippen molar-refractivity contribution >= 4 is 28.2 Å². The first-order valence-electron chi connectivity index (χ1n) is 6.92. The van der Waals surface area contributed by atoms with Crippen LogP contribution in [0.3, 0.4) is 0 Å². The van der Waals surface area contributed by atoms with Gasteiger partial charge < -0.3 is 21.3 Å². The number of piperazine rings is 1. The summed E-state index contributed by atoms with van der Waals surface area (Å²) in [6, 6.07) is 0.201. The van der Waals surface area contributed by atoms with Gasteiger partial charge in [-0.3, -0.25) is 4.79 Å². The van der Waals surface area contributed by atoms with E-state index >= 15 is 0 Å². The number of carbonyl (C=O) groups is 1. The van der Waals surface area contributed by atoms with Crippen LogP contribution in [0.5, 0.6) is 0 Å². The van der Waals surface area contributed by atoms with Crippen molar-refractivity contribution < 1.29 is 4.79 Å². The van der Waals surface area contributed by atoms with Crippen molar-refractivity contribution in [3.63, 3.8) is 0 Å². The number of nitrogens with one attached hydrogen (secondary N) is 2. The van der Waals surface area contributed by atoms with Crippen LogP contribution >= 0.6 is 11.3 Å². The first-order chi connectivity index (χ1) is 9.74. The topological polar surface area (TPSA) is 83.3 Å². The Bertz CT molecular complexity index is 513. The van der Waals surface area contributed by atoms with Crippen molar-refractivity contribution in [1.29, 1.82) is 0 Å². The second-order valence-electron chi connectivity index (χ2n) is 5.06. The van der Waals surface area contributed by atoms with Crippen LogP contribution in [0.2, 0.25) is 0 Å². The van der Waals surface area contributed by atoms with E-state index in [1.807, 2.05) is 0 Å². The van der Waals surface area contributed by atoms with Crippen molar-refractivity contribution in [1.82, 2.24) is 15.6 Å². The maximum Gasteiger partial charge on any atom is 0.265 e. The minimum absolute atomic E-state index is 0.102. The number of hydrogen-bond acceptors (Lipinski definition) is 6. The van der Waals surface area contributed by atoms with Gasteiger partial charge >= 0.3 is 0 Å². The van der Waals surface area contributed by atoms with E-state index in [-0.39, 0.29) is 11.9 Å². The van der Waals surface area contributed by atoms with E-state index in [1.54, 1.807) is 0 Å². The van der Waals surface area contributed by atoms with E-state index in [1.165, 1.54) is 11.3 Å². The second-order valence-corrected chi connectivity index (χ2v) is 6.04. The summed E-state index contributed by atoms with van der Waals surface area (Å²) in [6.45, 7) is 3.69. The minimum Gasteiger partial charge on any atom is -0.382 e. The molecule has 3 rings (SSSR count). The molecular formula is C13H19N5OS. The Morgan fingerprint density at radius 3 is 2.80 bits per heavy atom. The fourth-order valence-corrected chi connectivity index (χ4v) is 3.40. The maximum atomic E-state index is 12.2. The summed E-state index contributed by atoms with van der Waals surface area (Å²) in [7, 11) is 0. The third kappa shape index (κ3) is 2.78. The fraction of sp³-hybridized carbons (Fsp3) is 0.538. The van der Waals surface area contributed by atoms with Crippen molar-refractivity contribution in [2.75, 3.05) is 36.8 Å². The number of nitrogen functional groups attached to an aromatic ring is 1. The summed E-state index contributed by atoms with van der Waals surface area (Å²) >= 11 is 1.39. The lowest BCUT2D eigenvalue weighted by Crippen LogP contribution is -2.43. The standard InChI is InChI=1S/C13H19N5OS/c14-11-10(12(19)16-9-3-1-2-4-9)20-13(17-11)18-7-5-15-6-8-18/h1-2,9,15H,3-8,14H2,(H,16,19). The van der Waals surface area contributed by atoms with E-state index < -0.39 is 0 Å². The average Bonchev–Trinajstić information content (AvgIpc) is 3.09. The largest absolute Gasteiger partial charge is 0.382 e. The molecule has 0 spiro atoms. The number of rotatable bonds is 3. The molecule has 1 aromatic rings. The Labute approximate surface area is 122 Å². The summed E-state index contributed by atoms with van der Waals surface area (Å²) in [4.78, 5) is 19.3. The molecule has 6 nitrogen and oxygen atoms in total. The molecule has 1 saturated heterocycles. The normalized spacial score (nSPS) is 19.5. The predicted molar refractivity (Wildman–Crippen MR) is 81.2 cm³/mol. The van der Waals surface area contributed by atoms with Gasteiger partial charge in [-0.05, 0) is 12.8 Å². The molecule has 1 amide bonds. The summed E-state index contributed by atoms with van der Waals surface area (Å²) < 4.78 is 0. The smallest absolute Gasteiger partial charge is 0.265 e. The molecule has 0 aromatic carbocycles. The zero-order chi connectivity index (χ0) is 13.9. The zero-order valence-electron chi connectivity index (χ0n) is 11.3. The molecule has 7 heteroatoms. The molecule has 1 aliphatic heterocycles. The third-order valence-corrected chi connectivity index (χ3v) is 4.71. The molecule has 108 valence electrons. The number of amides is 1. The number of anilines is 2. The predicted octanol–water partition coefficient (Wildman–Crippen LogP) is 0.583. The van der Waals surface area contributed by atoms with Gasteiger partial charge in [0.1, 0.15) is 10.7 Å². The number of nitrogens with zero attached hydrogens (tertiary/aromatic N) is 2. The molecular weight excluding hydrogens is 274 g/mol. The van der Waals surface area contributed by atoms with Crippen LogP contribution in [0, 0.1) is 0 Å². The van der Waals surface area contributed by atoms with Crippen LogP contribution in [0.25, 0.3) is 0 Å². The summed E-state index contributed by atoms with van der Waals surface area (Å²) in [5, 5.41) is 7.15. The van der Waals surface area contributed by atoms with E-state index in [2.05, 4.69) is 32.7 Å². The monoisotopic (exact) mass is 293 g/mol. The maximum absolute atomic E-state index is 12.2. The molecule has 1 aliphatic carbocycles. The second kappa shape index (κ2) is 5.80. The quantitative estimate of drug-likeness (QED) is 0.710. The third-order valence-electron chi connectivity index (χ3n) is 3.58. The average molecular weight is 293 g/mol. The highest BCUT2D eigenvalue weighted by Crippen LogP contribution is 2.28. The molecule has 0 radical (unpaired) electrons. The first-order valence-corrected chi connectivity index (χ1v) is 7.73. The fourth-order valence-electron chi connectivity index (χ4n) is 2.46. The van der Waals surface area contributed by atoms with Gasteiger partial charge in [0.05, 0.1) is 0 Å². The molecule has 0 saturated carbocycles. The van der Waals surface area contributed by atoms with Gasteiger partial charge in [0.25, 0.3) is 5.91 Å². The van der Waals surface area contributed by atoms with Crippen LogP contribution in [-0.2, 0) is 0 Å². The summed E-state index contributed by atoms with van der Waals surface area (Å²) in [5.74, 6) is 0.238. The molecule has 1 aromatic heterocycles. The van der Waals surface area contributed by atoms with Gasteiger partial charge in [-0.15, -0.1) is 0 Å². The van der Waals surface area contributed by atoms with Gasteiger partial charge in [-0.2, -0.15) is 0 Å². The SMILES string of the molecule is Nc1nc(N2CCNCC2)sc1C(=O)NC1CC=CC1. The van der Waals surface area contributed by atoms with Crippen LogP contribution in [0.4, 0.5) is 10.9 Å². The lowest BCUT2D eigenvalue weighted by atomic mass is 10.2. The van der Waals surface area contributed by atoms with E-state index in [4.69, 9.17) is 5.73 Å². The highest BCUT2D eigenvalue weighted by molar-refractivity contribution is 7.18. The number of aromatic nitrogens is 1. The lowest BCUT2D eigenvalue weighted by molar-refractivity contribution is 0.0944. The summed E-state index contributed by atoms with van der Waals surface area (Å²) in [5.41, 5.74) is 5.90. The molecule has 1 fully saturated rings. The highest BCUT2D eigenvalue weighted by atomic mass is 32.1. The van der Waals surface area contributed by atoms with Crippen molar-refractivity contribution in [2.45, 2.75) is 18.9 Å². The minimum atomic E-state index is -0.102. The van der Waals surface area contributed by atoms with Crippen LogP contribution in [-0.4, -0.2) is 43.1 Å². The molecule has 0 bridgehead atoms. The Balaban J connectivity index is 1.69. The highest BCUT2D eigenvalue weighted by Gasteiger charge is 2.22. The Hall–Kier alpha value is -1.60. The molecule has 2 heterocycles. The molecule has 2 aliphatic rings. The van der Waals surface area contributed by atoms with Crippen molar-refractivity contribution in [2.24, 2.45) is 0 Å². The molecule has 4 N–H and O–H groups in total. The first kappa shape index (κ1) is 13.4. The van der Waals surface area contributed by atoms with Crippen molar-refractivity contribution in [3.05, 3.63) is 17.0 Å². The van der Waals surface area contributed by atoms with Crippen LogP contribution in [0.1, 0.15) is 22.5 Å².